The maximum absolute atomic E-state index is 12.8. The average Bonchev–Trinajstić information content (AvgIpc) is 2.30. The zero-order valence-electron chi connectivity index (χ0n) is 8.99. The van der Waals surface area contributed by atoms with Crippen molar-refractivity contribution in [3.05, 3.63) is 0 Å². The van der Waals surface area contributed by atoms with Gasteiger partial charge in [-0.05, 0) is 12.8 Å². The van der Waals surface area contributed by atoms with Crippen LogP contribution in [0.15, 0.2) is 0 Å². The van der Waals surface area contributed by atoms with Gasteiger partial charge in [-0.15, -0.1) is 24.8 Å². The smallest absolute Gasteiger partial charge is 0.251 e. The van der Waals surface area contributed by atoms with Gasteiger partial charge in [-0.25, -0.2) is 8.78 Å². The van der Waals surface area contributed by atoms with Gasteiger partial charge in [0, 0.05) is 44.1 Å². The predicted molar refractivity (Wildman–Crippen MR) is 64.0 cm³/mol. The van der Waals surface area contributed by atoms with Crippen LogP contribution in [0.4, 0.5) is 8.78 Å². The SMILES string of the molecule is Cl.Cl.FC1(F)CC(N2C3CCC2CNC3)C1. The quantitative estimate of drug-likeness (QED) is 0.788. The molecule has 3 aliphatic rings. The van der Waals surface area contributed by atoms with Crippen LogP contribution in [0.2, 0.25) is 0 Å². The van der Waals surface area contributed by atoms with Crippen molar-refractivity contribution < 1.29 is 8.78 Å². The number of alkyl halides is 2. The Bertz CT molecular complexity index is 229. The molecule has 2 unspecified atom stereocenters. The Labute approximate surface area is 107 Å². The summed E-state index contributed by atoms with van der Waals surface area (Å²) in [5.74, 6) is -2.37. The highest BCUT2D eigenvalue weighted by Crippen LogP contribution is 2.44. The van der Waals surface area contributed by atoms with E-state index in [0.717, 1.165) is 13.1 Å². The number of hydrogen-bond donors (Lipinski definition) is 1. The van der Waals surface area contributed by atoms with Crippen LogP contribution in [-0.2, 0) is 0 Å². The second-order valence-corrected chi connectivity index (χ2v) is 4.91. The van der Waals surface area contributed by atoms with E-state index in [1.54, 1.807) is 0 Å². The predicted octanol–water partition coefficient (Wildman–Crippen LogP) is 2.06. The maximum Gasteiger partial charge on any atom is 0.251 e. The number of nitrogens with zero attached hydrogens (tertiary/aromatic N) is 1. The molecule has 2 aliphatic heterocycles. The third-order valence-electron chi connectivity index (χ3n) is 3.93. The van der Waals surface area contributed by atoms with E-state index < -0.39 is 5.92 Å². The summed E-state index contributed by atoms with van der Waals surface area (Å²) in [6, 6.07) is 1.24. The van der Waals surface area contributed by atoms with Crippen molar-refractivity contribution in [2.45, 2.75) is 49.7 Å². The molecular formula is C10H18Cl2F2N2. The van der Waals surface area contributed by atoms with Gasteiger partial charge >= 0.3 is 0 Å². The standard InChI is InChI=1S/C10H16F2N2.2ClH/c11-10(12)3-9(4-10)14-7-1-2-8(14)6-13-5-7;;/h7-9,13H,1-6H2;2*1H. The van der Waals surface area contributed by atoms with Crippen molar-refractivity contribution in [2.24, 2.45) is 0 Å². The molecule has 3 rings (SSSR count). The fourth-order valence-electron chi connectivity index (χ4n) is 3.25. The molecule has 2 nitrogen and oxygen atoms in total. The first-order chi connectivity index (χ1) is 6.66. The number of nitrogens with one attached hydrogen (secondary N) is 1. The lowest BCUT2D eigenvalue weighted by molar-refractivity contribution is -0.136. The van der Waals surface area contributed by atoms with Gasteiger partial charge in [-0.2, -0.15) is 0 Å². The third-order valence-corrected chi connectivity index (χ3v) is 3.93. The van der Waals surface area contributed by atoms with Crippen LogP contribution < -0.4 is 5.32 Å². The fourth-order valence-corrected chi connectivity index (χ4v) is 3.25. The van der Waals surface area contributed by atoms with E-state index in [0.29, 0.717) is 12.1 Å². The van der Waals surface area contributed by atoms with Crippen LogP contribution in [0.25, 0.3) is 0 Å². The summed E-state index contributed by atoms with van der Waals surface area (Å²) in [6.07, 6.45) is 2.58. The van der Waals surface area contributed by atoms with Gasteiger partial charge in [-0.3, -0.25) is 4.90 Å². The maximum atomic E-state index is 12.8. The van der Waals surface area contributed by atoms with Crippen molar-refractivity contribution in [1.82, 2.24) is 10.2 Å². The van der Waals surface area contributed by atoms with E-state index in [4.69, 9.17) is 0 Å². The van der Waals surface area contributed by atoms with Crippen molar-refractivity contribution in [3.8, 4) is 0 Å². The molecule has 0 amide bonds. The van der Waals surface area contributed by atoms with Crippen LogP contribution in [0.3, 0.4) is 0 Å². The highest BCUT2D eigenvalue weighted by Gasteiger charge is 2.52. The van der Waals surface area contributed by atoms with Gasteiger partial charge in [-0.1, -0.05) is 0 Å². The Morgan fingerprint density at radius 2 is 1.44 bits per heavy atom. The summed E-state index contributed by atoms with van der Waals surface area (Å²) in [7, 11) is 0. The highest BCUT2D eigenvalue weighted by molar-refractivity contribution is 5.85. The lowest BCUT2D eigenvalue weighted by Crippen LogP contribution is -2.61. The summed E-state index contributed by atoms with van der Waals surface area (Å²) in [5, 5.41) is 3.37. The molecule has 16 heavy (non-hydrogen) atoms. The van der Waals surface area contributed by atoms with Crippen molar-refractivity contribution >= 4 is 24.8 Å². The average molecular weight is 275 g/mol. The molecule has 2 atom stereocenters. The molecule has 0 aromatic heterocycles. The molecule has 1 N–H and O–H groups in total. The number of halogens is 4. The number of rotatable bonds is 1. The molecule has 0 aromatic rings. The Morgan fingerprint density at radius 1 is 0.938 bits per heavy atom. The second-order valence-electron chi connectivity index (χ2n) is 4.91. The molecule has 2 bridgehead atoms. The minimum absolute atomic E-state index is 0. The molecule has 2 saturated heterocycles. The Balaban J connectivity index is 0.000000640. The number of hydrogen-bond acceptors (Lipinski definition) is 2. The molecule has 0 spiro atoms. The molecule has 6 heteroatoms. The van der Waals surface area contributed by atoms with Gasteiger partial charge in [0.15, 0.2) is 0 Å². The molecule has 0 radical (unpaired) electrons. The molecule has 1 aliphatic carbocycles. The van der Waals surface area contributed by atoms with Crippen LogP contribution in [-0.4, -0.2) is 42.0 Å². The largest absolute Gasteiger partial charge is 0.314 e. The minimum Gasteiger partial charge on any atom is -0.314 e. The highest BCUT2D eigenvalue weighted by atomic mass is 35.5. The summed E-state index contributed by atoms with van der Waals surface area (Å²) >= 11 is 0. The summed E-state index contributed by atoms with van der Waals surface area (Å²) < 4.78 is 25.6. The van der Waals surface area contributed by atoms with E-state index in [-0.39, 0.29) is 43.7 Å². The lowest BCUT2D eigenvalue weighted by atomic mass is 9.85. The zero-order valence-corrected chi connectivity index (χ0v) is 10.6. The zero-order chi connectivity index (χ0) is 9.76. The first kappa shape index (κ1) is 14.4. The van der Waals surface area contributed by atoms with E-state index in [1.165, 1.54) is 12.8 Å². The van der Waals surface area contributed by atoms with Crippen molar-refractivity contribution in [2.75, 3.05) is 13.1 Å². The number of fused-ring (bicyclic) bond motifs is 2. The Hall–Kier alpha value is 0.360. The molecular weight excluding hydrogens is 257 g/mol. The van der Waals surface area contributed by atoms with E-state index in [1.807, 2.05) is 0 Å². The lowest BCUT2D eigenvalue weighted by Gasteiger charge is -2.48. The summed E-state index contributed by atoms with van der Waals surface area (Å²) in [6.45, 7) is 2.00. The van der Waals surface area contributed by atoms with Gasteiger partial charge in [0.05, 0.1) is 0 Å². The Morgan fingerprint density at radius 3 is 1.88 bits per heavy atom. The summed E-state index contributed by atoms with van der Waals surface area (Å²) in [5.41, 5.74) is 0. The van der Waals surface area contributed by atoms with E-state index in [2.05, 4.69) is 10.2 Å². The number of piperazine rings is 1. The topological polar surface area (TPSA) is 15.3 Å². The first-order valence-corrected chi connectivity index (χ1v) is 5.52. The minimum atomic E-state index is -2.37. The van der Waals surface area contributed by atoms with Crippen LogP contribution in [0, 0.1) is 0 Å². The summed E-state index contributed by atoms with van der Waals surface area (Å²) in [4.78, 5) is 2.37. The normalized spacial score (nSPS) is 37.1. The second kappa shape index (κ2) is 4.92. The molecule has 3 fully saturated rings. The van der Waals surface area contributed by atoms with Crippen LogP contribution in [0.1, 0.15) is 25.7 Å². The van der Waals surface area contributed by atoms with Crippen molar-refractivity contribution in [1.29, 1.82) is 0 Å². The van der Waals surface area contributed by atoms with Crippen LogP contribution >= 0.6 is 24.8 Å². The Kier molecular flexibility index (Phi) is 4.44. The third kappa shape index (κ3) is 2.30. The first-order valence-electron chi connectivity index (χ1n) is 5.52. The van der Waals surface area contributed by atoms with Crippen LogP contribution in [0.5, 0.6) is 0 Å². The fraction of sp³-hybridized carbons (Fsp3) is 1.00. The van der Waals surface area contributed by atoms with Gasteiger partial charge in [0.1, 0.15) is 0 Å². The van der Waals surface area contributed by atoms with Crippen molar-refractivity contribution in [3.63, 3.8) is 0 Å². The van der Waals surface area contributed by atoms with Gasteiger partial charge in [0.2, 0.25) is 0 Å². The molecule has 1 saturated carbocycles. The van der Waals surface area contributed by atoms with Gasteiger partial charge in [0.25, 0.3) is 5.92 Å². The van der Waals surface area contributed by atoms with E-state index >= 15 is 0 Å². The molecule has 2 heterocycles. The van der Waals surface area contributed by atoms with E-state index in [9.17, 15) is 8.78 Å². The molecule has 0 aromatic carbocycles. The molecule has 96 valence electrons. The monoisotopic (exact) mass is 274 g/mol. The van der Waals surface area contributed by atoms with Gasteiger partial charge < -0.3 is 5.32 Å².